The Hall–Kier alpha value is -0.880. The minimum Gasteiger partial charge on any atom is -0.345 e. The number of rotatable bonds is 7. The minimum atomic E-state index is -0.613. The fraction of sp³-hybridized carbons (Fsp3) is 0.700. The second-order valence-electron chi connectivity index (χ2n) is 3.67. The molecule has 0 aromatic heterocycles. The van der Waals surface area contributed by atoms with Crippen molar-refractivity contribution in [2.75, 3.05) is 5.75 Å². The van der Waals surface area contributed by atoms with E-state index in [9.17, 15) is 14.4 Å². The summed E-state index contributed by atoms with van der Waals surface area (Å²) >= 11 is 3.96. The van der Waals surface area contributed by atoms with Crippen LogP contribution in [0.4, 0.5) is 0 Å². The zero-order valence-electron chi connectivity index (χ0n) is 9.53. The third kappa shape index (κ3) is 5.87. The molecule has 16 heavy (non-hydrogen) atoms. The quantitative estimate of drug-likeness (QED) is 0.537. The number of hydrogen-bond donors (Lipinski definition) is 3. The van der Waals surface area contributed by atoms with Crippen molar-refractivity contribution in [1.29, 1.82) is 0 Å². The molecule has 0 heterocycles. The van der Waals surface area contributed by atoms with E-state index in [2.05, 4.69) is 17.9 Å². The van der Waals surface area contributed by atoms with Crippen molar-refractivity contribution >= 4 is 30.1 Å². The average Bonchev–Trinajstić information content (AvgIpc) is 2.21. The zero-order chi connectivity index (χ0) is 12.7. The van der Waals surface area contributed by atoms with Crippen LogP contribution in [0.3, 0.4) is 0 Å². The van der Waals surface area contributed by atoms with E-state index in [0.29, 0.717) is 6.42 Å². The second kappa shape index (κ2) is 7.40. The standard InChI is InChI=1S/C10H18N2O3S/c1-6(13)8(11)3-4-10(15)12-9(5-16)7(2)14/h8-9,16H,3-5,11H2,1-2H3,(H,12,15). The number of carbonyl (C=O) groups is 3. The first-order chi connectivity index (χ1) is 7.38. The lowest BCUT2D eigenvalue weighted by atomic mass is 10.1. The molecule has 0 aromatic carbocycles. The molecule has 1 amide bonds. The third-order valence-corrected chi connectivity index (χ3v) is 2.58. The molecule has 5 nitrogen and oxygen atoms in total. The first kappa shape index (κ1) is 15.1. The summed E-state index contributed by atoms with van der Waals surface area (Å²) in [6.45, 7) is 2.77. The van der Waals surface area contributed by atoms with Crippen LogP contribution >= 0.6 is 12.6 Å². The Morgan fingerprint density at radius 3 is 2.19 bits per heavy atom. The highest BCUT2D eigenvalue weighted by atomic mass is 32.1. The summed E-state index contributed by atoms with van der Waals surface area (Å²) in [4.78, 5) is 33.2. The SMILES string of the molecule is CC(=O)C(N)CCC(=O)NC(CS)C(C)=O. The number of ketones is 2. The maximum atomic E-state index is 11.4. The van der Waals surface area contributed by atoms with Gasteiger partial charge in [0.15, 0.2) is 5.78 Å². The molecule has 2 atom stereocenters. The molecule has 0 bridgehead atoms. The topological polar surface area (TPSA) is 89.3 Å². The summed E-state index contributed by atoms with van der Waals surface area (Å²) < 4.78 is 0. The molecule has 2 unspecified atom stereocenters. The molecule has 0 radical (unpaired) electrons. The van der Waals surface area contributed by atoms with Crippen LogP contribution < -0.4 is 11.1 Å². The van der Waals surface area contributed by atoms with Gasteiger partial charge in [-0.1, -0.05) is 0 Å². The Bertz CT molecular complexity index is 281. The van der Waals surface area contributed by atoms with Gasteiger partial charge in [0, 0.05) is 12.2 Å². The predicted octanol–water partition coefficient (Wildman–Crippen LogP) is -0.313. The van der Waals surface area contributed by atoms with Crippen molar-refractivity contribution in [3.63, 3.8) is 0 Å². The number of nitrogens with one attached hydrogen (secondary N) is 1. The lowest BCUT2D eigenvalue weighted by Gasteiger charge is -2.14. The van der Waals surface area contributed by atoms with Crippen molar-refractivity contribution < 1.29 is 14.4 Å². The summed E-state index contributed by atoms with van der Waals surface area (Å²) in [5.41, 5.74) is 5.48. The number of carbonyl (C=O) groups excluding carboxylic acids is 3. The van der Waals surface area contributed by atoms with E-state index in [1.54, 1.807) is 0 Å². The number of thiol groups is 1. The predicted molar refractivity (Wildman–Crippen MR) is 64.4 cm³/mol. The van der Waals surface area contributed by atoms with Crippen LogP contribution in [0, 0.1) is 0 Å². The molecule has 0 aliphatic heterocycles. The molecular weight excluding hydrogens is 228 g/mol. The summed E-state index contributed by atoms with van der Waals surface area (Å²) in [6.07, 6.45) is 0.427. The van der Waals surface area contributed by atoms with Crippen LogP contribution in [-0.2, 0) is 14.4 Å². The molecule has 0 aromatic rings. The lowest BCUT2D eigenvalue weighted by Crippen LogP contribution is -2.41. The highest BCUT2D eigenvalue weighted by Gasteiger charge is 2.16. The smallest absolute Gasteiger partial charge is 0.220 e. The number of amides is 1. The van der Waals surface area contributed by atoms with Crippen LogP contribution in [0.1, 0.15) is 26.7 Å². The van der Waals surface area contributed by atoms with Gasteiger partial charge in [0.1, 0.15) is 5.78 Å². The molecule has 0 saturated carbocycles. The van der Waals surface area contributed by atoms with Gasteiger partial charge in [0.05, 0.1) is 12.1 Å². The first-order valence-corrected chi connectivity index (χ1v) is 5.68. The van der Waals surface area contributed by atoms with Gasteiger partial charge >= 0.3 is 0 Å². The maximum Gasteiger partial charge on any atom is 0.220 e. The van der Waals surface area contributed by atoms with E-state index in [1.807, 2.05) is 0 Å². The minimum absolute atomic E-state index is 0.137. The van der Waals surface area contributed by atoms with E-state index in [0.717, 1.165) is 0 Å². The first-order valence-electron chi connectivity index (χ1n) is 5.05. The summed E-state index contributed by atoms with van der Waals surface area (Å²) in [7, 11) is 0. The third-order valence-electron chi connectivity index (χ3n) is 2.21. The second-order valence-corrected chi connectivity index (χ2v) is 4.03. The van der Waals surface area contributed by atoms with E-state index >= 15 is 0 Å². The van der Waals surface area contributed by atoms with Gasteiger partial charge in [-0.15, -0.1) is 0 Å². The van der Waals surface area contributed by atoms with Crippen molar-refractivity contribution in [1.82, 2.24) is 5.32 Å². The zero-order valence-corrected chi connectivity index (χ0v) is 10.4. The van der Waals surface area contributed by atoms with Gasteiger partial charge in [-0.3, -0.25) is 14.4 Å². The van der Waals surface area contributed by atoms with Crippen molar-refractivity contribution in [3.8, 4) is 0 Å². The molecule has 0 aliphatic carbocycles. The highest BCUT2D eigenvalue weighted by molar-refractivity contribution is 7.80. The Kier molecular flexibility index (Phi) is 7.00. The Labute approximate surface area is 101 Å². The van der Waals surface area contributed by atoms with Gasteiger partial charge < -0.3 is 11.1 Å². The van der Waals surface area contributed by atoms with Gasteiger partial charge in [-0.25, -0.2) is 0 Å². The van der Waals surface area contributed by atoms with E-state index in [-0.39, 0.29) is 29.6 Å². The number of Topliss-reactive ketones (excluding diaryl/α,β-unsaturated/α-hetero) is 2. The van der Waals surface area contributed by atoms with Gasteiger partial charge in [0.2, 0.25) is 5.91 Å². The number of nitrogens with two attached hydrogens (primary N) is 1. The van der Waals surface area contributed by atoms with Gasteiger partial charge in [0.25, 0.3) is 0 Å². The normalized spacial score (nSPS) is 14.0. The Morgan fingerprint density at radius 2 is 1.81 bits per heavy atom. The maximum absolute atomic E-state index is 11.4. The number of hydrogen-bond acceptors (Lipinski definition) is 5. The van der Waals surface area contributed by atoms with Crippen LogP contribution in [0.2, 0.25) is 0 Å². The molecular formula is C10H18N2O3S. The fourth-order valence-corrected chi connectivity index (χ4v) is 1.38. The van der Waals surface area contributed by atoms with E-state index in [1.165, 1.54) is 13.8 Å². The van der Waals surface area contributed by atoms with E-state index in [4.69, 9.17) is 5.73 Å². The van der Waals surface area contributed by atoms with Crippen molar-refractivity contribution in [2.24, 2.45) is 5.73 Å². The molecule has 0 spiro atoms. The van der Waals surface area contributed by atoms with Gasteiger partial charge in [-0.2, -0.15) is 12.6 Å². The van der Waals surface area contributed by atoms with Crippen LogP contribution in [-0.4, -0.2) is 35.3 Å². The Morgan fingerprint density at radius 1 is 1.25 bits per heavy atom. The molecule has 0 aliphatic rings. The van der Waals surface area contributed by atoms with E-state index < -0.39 is 12.1 Å². The average molecular weight is 246 g/mol. The summed E-state index contributed by atoms with van der Waals surface area (Å²) in [5.74, 6) is -0.310. The molecule has 0 rings (SSSR count). The highest BCUT2D eigenvalue weighted by Crippen LogP contribution is 1.98. The molecule has 92 valence electrons. The molecule has 6 heteroatoms. The van der Waals surface area contributed by atoms with Crippen LogP contribution in [0.5, 0.6) is 0 Å². The van der Waals surface area contributed by atoms with Crippen molar-refractivity contribution in [2.45, 2.75) is 38.8 Å². The summed E-state index contributed by atoms with van der Waals surface area (Å²) in [6, 6.07) is -1.18. The van der Waals surface area contributed by atoms with Crippen LogP contribution in [0.25, 0.3) is 0 Å². The molecule has 0 saturated heterocycles. The molecule has 3 N–H and O–H groups in total. The largest absolute Gasteiger partial charge is 0.345 e. The van der Waals surface area contributed by atoms with Crippen LogP contribution in [0.15, 0.2) is 0 Å². The summed E-state index contributed by atoms with van der Waals surface area (Å²) in [5, 5.41) is 2.53. The Balaban J connectivity index is 3.99. The fourth-order valence-electron chi connectivity index (χ4n) is 1.03. The molecule has 0 fully saturated rings. The monoisotopic (exact) mass is 246 g/mol. The van der Waals surface area contributed by atoms with Crippen molar-refractivity contribution in [3.05, 3.63) is 0 Å². The lowest BCUT2D eigenvalue weighted by molar-refractivity contribution is -0.126. The van der Waals surface area contributed by atoms with Gasteiger partial charge in [-0.05, 0) is 20.3 Å².